The van der Waals surface area contributed by atoms with Gasteiger partial charge in [-0.15, -0.1) is 0 Å². The van der Waals surface area contributed by atoms with Gasteiger partial charge in [0.2, 0.25) is 0 Å². The lowest BCUT2D eigenvalue weighted by molar-refractivity contribution is 0.607. The maximum atomic E-state index is 6.17. The normalized spacial score (nSPS) is 13.6. The van der Waals surface area contributed by atoms with E-state index in [9.17, 15) is 0 Å². The molecule has 0 saturated carbocycles. The van der Waals surface area contributed by atoms with Crippen LogP contribution >= 0.6 is 0 Å². The summed E-state index contributed by atoms with van der Waals surface area (Å²) in [6.07, 6.45) is 12.2. The molecule has 0 saturated heterocycles. The third-order valence-corrected chi connectivity index (χ3v) is 7.73. The van der Waals surface area contributed by atoms with Gasteiger partial charge in [-0.1, -0.05) is 97.1 Å². The predicted molar refractivity (Wildman–Crippen MR) is 179 cm³/mol. The van der Waals surface area contributed by atoms with Crippen molar-refractivity contribution >= 4 is 70.5 Å². The molecule has 0 amide bonds. The van der Waals surface area contributed by atoms with Crippen LogP contribution in [0.2, 0.25) is 0 Å². The molecule has 1 aromatic heterocycles. The first-order valence-electron chi connectivity index (χ1n) is 14.2. The second-order valence-corrected chi connectivity index (χ2v) is 10.5. The summed E-state index contributed by atoms with van der Waals surface area (Å²) in [5.74, 6) is 0.678. The number of fused-ring (bicyclic) bond motifs is 5. The number of benzene rings is 5. The number of anilines is 4. The van der Waals surface area contributed by atoms with Gasteiger partial charge >= 0.3 is 0 Å². The van der Waals surface area contributed by atoms with E-state index in [4.69, 9.17) is 14.6 Å². The van der Waals surface area contributed by atoms with Crippen molar-refractivity contribution in [1.29, 1.82) is 0 Å². The first-order valence-corrected chi connectivity index (χ1v) is 14.2. The molecule has 43 heavy (non-hydrogen) atoms. The van der Waals surface area contributed by atoms with Crippen LogP contribution in [0.1, 0.15) is 33.6 Å². The van der Waals surface area contributed by atoms with Gasteiger partial charge in [-0.25, -0.2) is 10.0 Å². The molecule has 5 aromatic carbocycles. The van der Waals surface area contributed by atoms with Crippen LogP contribution in [0.15, 0.2) is 136 Å². The summed E-state index contributed by atoms with van der Waals surface area (Å²) in [5, 5.41) is 14.8. The Morgan fingerprint density at radius 3 is 1.40 bits per heavy atom. The van der Waals surface area contributed by atoms with Crippen LogP contribution in [0, 0.1) is 0 Å². The Morgan fingerprint density at radius 1 is 0.465 bits per heavy atom. The molecule has 6 aromatic rings. The highest BCUT2D eigenvalue weighted by atomic mass is 16.3. The van der Waals surface area contributed by atoms with Crippen LogP contribution in [0.3, 0.4) is 0 Å². The number of rotatable bonds is 4. The van der Waals surface area contributed by atoms with Gasteiger partial charge < -0.3 is 4.42 Å². The van der Waals surface area contributed by atoms with Crippen LogP contribution in [0.4, 0.5) is 22.7 Å². The number of para-hydroxylation sites is 4. The van der Waals surface area contributed by atoms with Crippen LogP contribution in [0.5, 0.6) is 0 Å². The Bertz CT molecular complexity index is 1900. The summed E-state index contributed by atoms with van der Waals surface area (Å²) in [6, 6.07) is 41.3. The van der Waals surface area contributed by atoms with Gasteiger partial charge in [-0.05, 0) is 54.1 Å². The molecule has 8 rings (SSSR count). The maximum absolute atomic E-state index is 6.17. The molecule has 5 nitrogen and oxygen atoms in total. The van der Waals surface area contributed by atoms with E-state index in [0.29, 0.717) is 5.76 Å². The van der Waals surface area contributed by atoms with E-state index in [2.05, 4.69) is 91.0 Å². The molecule has 2 aliphatic heterocycles. The van der Waals surface area contributed by atoms with Gasteiger partial charge in [0.15, 0.2) is 0 Å². The van der Waals surface area contributed by atoms with Crippen LogP contribution in [0.25, 0.3) is 35.3 Å². The average Bonchev–Trinajstić information content (AvgIpc) is 3.30. The van der Waals surface area contributed by atoms with E-state index >= 15 is 0 Å². The summed E-state index contributed by atoms with van der Waals surface area (Å²) in [5.41, 5.74) is 10.3. The van der Waals surface area contributed by atoms with Gasteiger partial charge in [-0.3, -0.25) is 0 Å². The number of hydrazone groups is 2. The molecule has 2 aliphatic rings. The largest absolute Gasteiger partial charge is 0.455 e. The van der Waals surface area contributed by atoms with Crippen molar-refractivity contribution < 1.29 is 4.42 Å². The van der Waals surface area contributed by atoms with Crippen molar-refractivity contribution in [1.82, 2.24) is 0 Å². The standard InChI is InChI=1S/C38H26N4O/c1-5-13-34-28(9-1)18-19-29-10-2-6-14-35(29)41(34)39-25-27-17-22-38-32(23-27)24-33(43-38)26-40-42-36-15-7-3-11-30(36)20-21-31-12-4-8-16-37(31)42/h1-26H. The molecule has 3 heterocycles. The minimum Gasteiger partial charge on any atom is -0.455 e. The second-order valence-electron chi connectivity index (χ2n) is 10.5. The summed E-state index contributed by atoms with van der Waals surface area (Å²) < 4.78 is 6.17. The van der Waals surface area contributed by atoms with Crippen molar-refractivity contribution in [3.63, 3.8) is 0 Å². The Hall–Kier alpha value is -5.94. The first-order chi connectivity index (χ1) is 21.3. The van der Waals surface area contributed by atoms with Gasteiger partial charge in [0.1, 0.15) is 11.3 Å². The molecular formula is C38H26N4O. The maximum Gasteiger partial charge on any atom is 0.148 e. The van der Waals surface area contributed by atoms with Crippen LogP contribution in [-0.2, 0) is 0 Å². The van der Waals surface area contributed by atoms with Gasteiger partial charge in [0.25, 0.3) is 0 Å². The summed E-state index contributed by atoms with van der Waals surface area (Å²) in [7, 11) is 0. The van der Waals surface area contributed by atoms with Gasteiger partial charge in [-0.2, -0.15) is 10.2 Å². The zero-order chi connectivity index (χ0) is 28.6. The van der Waals surface area contributed by atoms with E-state index in [1.54, 1.807) is 6.21 Å². The third kappa shape index (κ3) is 4.63. The molecule has 0 radical (unpaired) electrons. The molecule has 0 atom stereocenters. The summed E-state index contributed by atoms with van der Waals surface area (Å²) >= 11 is 0. The monoisotopic (exact) mass is 554 g/mol. The highest BCUT2D eigenvalue weighted by molar-refractivity contribution is 5.95. The molecule has 5 heteroatoms. The molecule has 0 spiro atoms. The quantitative estimate of drug-likeness (QED) is 0.204. The van der Waals surface area contributed by atoms with Crippen molar-refractivity contribution in [3.8, 4) is 0 Å². The fourth-order valence-electron chi connectivity index (χ4n) is 5.62. The molecule has 204 valence electrons. The average molecular weight is 555 g/mol. The lowest BCUT2D eigenvalue weighted by Gasteiger charge is -2.21. The molecule has 0 bridgehead atoms. The minimum atomic E-state index is 0.678. The topological polar surface area (TPSA) is 44.3 Å². The zero-order valence-corrected chi connectivity index (χ0v) is 23.2. The van der Waals surface area contributed by atoms with E-state index in [1.807, 2.05) is 70.8 Å². The van der Waals surface area contributed by atoms with Gasteiger partial charge in [0.05, 0.1) is 35.2 Å². The van der Waals surface area contributed by atoms with E-state index in [-0.39, 0.29) is 0 Å². The SMILES string of the molecule is C1=Cc2ccccc2N(N=Cc2ccc3oc(C=NN4c5ccccc5C=Cc5ccccc54)cc3c2)c2ccccc21. The molecular weight excluding hydrogens is 528 g/mol. The van der Waals surface area contributed by atoms with E-state index in [0.717, 1.165) is 61.5 Å². The number of furan rings is 1. The molecule has 0 N–H and O–H groups in total. The van der Waals surface area contributed by atoms with Crippen LogP contribution in [-0.4, -0.2) is 12.4 Å². The van der Waals surface area contributed by atoms with Crippen molar-refractivity contribution in [2.24, 2.45) is 10.2 Å². The van der Waals surface area contributed by atoms with E-state index < -0.39 is 0 Å². The summed E-state index contributed by atoms with van der Waals surface area (Å²) in [6.45, 7) is 0. The Kier molecular flexibility index (Phi) is 6.05. The molecule has 0 unspecified atom stereocenters. The van der Waals surface area contributed by atoms with Gasteiger partial charge in [0, 0.05) is 27.6 Å². The second kappa shape index (κ2) is 10.5. The Labute approximate surface area is 249 Å². The fourth-order valence-corrected chi connectivity index (χ4v) is 5.62. The van der Waals surface area contributed by atoms with Crippen molar-refractivity contribution in [2.45, 2.75) is 0 Å². The van der Waals surface area contributed by atoms with E-state index in [1.165, 1.54) is 0 Å². The smallest absolute Gasteiger partial charge is 0.148 e. The Morgan fingerprint density at radius 2 is 0.907 bits per heavy atom. The zero-order valence-electron chi connectivity index (χ0n) is 23.2. The highest BCUT2D eigenvalue weighted by Gasteiger charge is 2.18. The third-order valence-electron chi connectivity index (χ3n) is 7.73. The molecule has 0 fully saturated rings. The number of nitrogens with zero attached hydrogens (tertiary/aromatic N) is 4. The molecule has 0 aliphatic carbocycles. The fraction of sp³-hybridized carbons (Fsp3) is 0. The van der Waals surface area contributed by atoms with Crippen molar-refractivity contribution in [3.05, 3.63) is 155 Å². The number of hydrogen-bond donors (Lipinski definition) is 0. The first kappa shape index (κ1) is 24.8. The Balaban J connectivity index is 1.11. The number of hydrogen-bond acceptors (Lipinski definition) is 5. The summed E-state index contributed by atoms with van der Waals surface area (Å²) in [4.78, 5) is 0. The van der Waals surface area contributed by atoms with Crippen LogP contribution < -0.4 is 10.0 Å². The predicted octanol–water partition coefficient (Wildman–Crippen LogP) is 9.74. The lowest BCUT2D eigenvalue weighted by Crippen LogP contribution is -2.11. The highest BCUT2D eigenvalue weighted by Crippen LogP contribution is 2.38. The lowest BCUT2D eigenvalue weighted by atomic mass is 10.1. The van der Waals surface area contributed by atoms with Crippen molar-refractivity contribution in [2.75, 3.05) is 10.0 Å². The minimum absolute atomic E-state index is 0.678.